The van der Waals surface area contributed by atoms with Gasteiger partial charge in [0, 0.05) is 5.57 Å². The van der Waals surface area contributed by atoms with Gasteiger partial charge in [-0.3, -0.25) is 19.2 Å². The Labute approximate surface area is 331 Å². The Balaban J connectivity index is -0.000000133. The van der Waals surface area contributed by atoms with E-state index in [0.29, 0.717) is 25.4 Å². The molecule has 50 heavy (non-hydrogen) atoms. The van der Waals surface area contributed by atoms with E-state index in [1.54, 1.807) is 20.8 Å². The lowest BCUT2D eigenvalue weighted by Crippen LogP contribution is -2.30. The van der Waals surface area contributed by atoms with Crippen LogP contribution >= 0.6 is 47.8 Å². The molecule has 0 aliphatic rings. The fourth-order valence-electron chi connectivity index (χ4n) is 2.62. The highest BCUT2D eigenvalue weighted by molar-refractivity contribution is 9.20. The molecule has 0 bridgehead atoms. The lowest BCUT2D eigenvalue weighted by Gasteiger charge is -2.23. The molecule has 0 saturated carbocycles. The van der Waals surface area contributed by atoms with Gasteiger partial charge in [-0.05, 0) is 102 Å². The number of hydrogen-bond donors (Lipinski definition) is 0. The van der Waals surface area contributed by atoms with Gasteiger partial charge >= 0.3 is 23.9 Å². The Morgan fingerprint density at radius 3 is 1.28 bits per heavy atom. The van der Waals surface area contributed by atoms with E-state index < -0.39 is 13.7 Å². The van der Waals surface area contributed by atoms with E-state index in [0.717, 1.165) is 32.1 Å². The lowest BCUT2D eigenvalue weighted by molar-refractivity contribution is -0.160. The summed E-state index contributed by atoms with van der Waals surface area (Å²) in [6, 6.07) is 0. The van der Waals surface area contributed by atoms with Crippen molar-refractivity contribution in [2.75, 3.05) is 33.0 Å². The van der Waals surface area contributed by atoms with E-state index >= 15 is 0 Å². The fourth-order valence-corrected chi connectivity index (χ4v) is 3.45. The first-order chi connectivity index (χ1) is 21.9. The minimum Gasteiger partial charge on any atom is -0.465 e. The van der Waals surface area contributed by atoms with Gasteiger partial charge in [0.15, 0.2) is 8.32 Å². The summed E-state index contributed by atoms with van der Waals surface area (Å²) in [7, 11) is -1.47. The maximum Gasteiger partial charge on any atom is 0.333 e. The Bertz CT molecular complexity index is 943. The average Bonchev–Trinajstić information content (AvgIpc) is 3.02. The van der Waals surface area contributed by atoms with Gasteiger partial charge in [0.1, 0.15) is 24.6 Å². The van der Waals surface area contributed by atoms with E-state index in [1.807, 2.05) is 48.5 Å². The monoisotopic (exact) mass is 928 g/mol. The molecule has 0 aliphatic carbocycles. The highest BCUT2D eigenvalue weighted by atomic mass is 79.9. The van der Waals surface area contributed by atoms with E-state index in [-0.39, 0.29) is 71.7 Å². The number of hydrogen-bond acceptors (Lipinski definition) is 10. The van der Waals surface area contributed by atoms with Gasteiger partial charge in [-0.2, -0.15) is 0 Å². The summed E-state index contributed by atoms with van der Waals surface area (Å²) >= 11 is 8.89. The molecule has 0 aromatic carbocycles. The normalized spacial score (nSPS) is 11.7. The maximum atomic E-state index is 11.7. The largest absolute Gasteiger partial charge is 0.465 e. The Morgan fingerprint density at radius 2 is 1.00 bits per heavy atom. The van der Waals surface area contributed by atoms with Crippen molar-refractivity contribution in [2.24, 2.45) is 10.8 Å². The SMILES string of the molecule is C.C.C=C(C)C(=O)OCCO[Si](C)(C)C.CC(Br)C(=O)Br.CCC(C)(CC)C(=O)OCCOC(=O)C(C)Br.CCCOC(=O)C(C)(CC)CC. The van der Waals surface area contributed by atoms with Gasteiger partial charge in [-0.15, -0.1) is 0 Å². The smallest absolute Gasteiger partial charge is 0.333 e. The van der Waals surface area contributed by atoms with Gasteiger partial charge < -0.3 is 23.4 Å². The first-order valence-corrected chi connectivity index (χ1v) is 22.4. The Morgan fingerprint density at radius 1 is 0.660 bits per heavy atom. The quantitative estimate of drug-likeness (QED) is 0.0249. The van der Waals surface area contributed by atoms with Gasteiger partial charge in [-0.1, -0.05) is 87.9 Å². The summed E-state index contributed by atoms with van der Waals surface area (Å²) in [6.07, 6.45) is 4.08. The zero-order valence-electron chi connectivity index (χ0n) is 31.6. The van der Waals surface area contributed by atoms with Crippen molar-refractivity contribution in [1.29, 1.82) is 0 Å². The van der Waals surface area contributed by atoms with E-state index in [9.17, 15) is 24.0 Å². The van der Waals surface area contributed by atoms with Gasteiger partial charge in [-0.25, -0.2) is 4.79 Å². The number of carbonyl (C=O) groups excluding carboxylic acids is 5. The first kappa shape index (κ1) is 61.0. The molecule has 10 nitrogen and oxygen atoms in total. The van der Waals surface area contributed by atoms with Crippen molar-refractivity contribution in [2.45, 2.75) is 145 Å². The summed E-state index contributed by atoms with van der Waals surface area (Å²) < 4.78 is 25.4. The zero-order chi connectivity index (χ0) is 38.7. The van der Waals surface area contributed by atoms with Crippen LogP contribution in [0.4, 0.5) is 0 Å². The second-order valence-corrected chi connectivity index (χ2v) is 20.4. The first-order valence-electron chi connectivity index (χ1n) is 16.4. The minimum absolute atomic E-state index is 0. The summed E-state index contributed by atoms with van der Waals surface area (Å²) in [5, 5.41) is 0. The average molecular weight is 932 g/mol. The van der Waals surface area contributed by atoms with E-state index in [4.69, 9.17) is 23.4 Å². The van der Waals surface area contributed by atoms with Crippen LogP contribution in [0.5, 0.6) is 0 Å². The number of ether oxygens (including phenoxy) is 4. The molecule has 0 radical (unpaired) electrons. The number of rotatable bonds is 18. The van der Waals surface area contributed by atoms with Crippen LogP contribution in [0.15, 0.2) is 12.2 Å². The van der Waals surface area contributed by atoms with Crippen LogP contribution < -0.4 is 0 Å². The van der Waals surface area contributed by atoms with Crippen LogP contribution in [0, 0.1) is 10.8 Å². The summed E-state index contributed by atoms with van der Waals surface area (Å²) in [6.45, 7) is 30.2. The molecule has 0 saturated heterocycles. The van der Waals surface area contributed by atoms with Crippen molar-refractivity contribution >= 4 is 84.7 Å². The summed E-state index contributed by atoms with van der Waals surface area (Å²) in [5.41, 5.74) is -0.282. The molecule has 300 valence electrons. The molecule has 2 unspecified atom stereocenters. The van der Waals surface area contributed by atoms with Crippen molar-refractivity contribution in [3.8, 4) is 0 Å². The van der Waals surface area contributed by atoms with Crippen molar-refractivity contribution in [3.63, 3.8) is 0 Å². The third kappa shape index (κ3) is 34.0. The second kappa shape index (κ2) is 33.7. The van der Waals surface area contributed by atoms with Crippen LogP contribution in [0.25, 0.3) is 0 Å². The minimum atomic E-state index is -1.47. The molecule has 0 spiro atoms. The summed E-state index contributed by atoms with van der Waals surface area (Å²) in [5.74, 6) is -0.978. The van der Waals surface area contributed by atoms with Crippen molar-refractivity contribution in [1.82, 2.24) is 0 Å². The topological polar surface area (TPSA) is 132 Å². The molecule has 0 amide bonds. The van der Waals surface area contributed by atoms with Gasteiger partial charge in [0.2, 0.25) is 4.69 Å². The zero-order valence-corrected chi connectivity index (χ0v) is 37.4. The molecular formula is C36H71Br3O10Si. The van der Waals surface area contributed by atoms with E-state index in [2.05, 4.69) is 74.0 Å². The van der Waals surface area contributed by atoms with Gasteiger partial charge in [0.25, 0.3) is 0 Å². The van der Waals surface area contributed by atoms with Crippen molar-refractivity contribution in [3.05, 3.63) is 12.2 Å². The van der Waals surface area contributed by atoms with Crippen LogP contribution in [0.2, 0.25) is 19.6 Å². The lowest BCUT2D eigenvalue weighted by atomic mass is 9.85. The second-order valence-electron chi connectivity index (χ2n) is 12.4. The molecule has 14 heteroatoms. The third-order valence-corrected chi connectivity index (χ3v) is 10.1. The molecule has 0 rings (SSSR count). The molecule has 0 fully saturated rings. The third-order valence-electron chi connectivity index (χ3n) is 6.94. The molecule has 0 aliphatic heterocycles. The highest BCUT2D eigenvalue weighted by Gasteiger charge is 2.31. The predicted octanol–water partition coefficient (Wildman–Crippen LogP) is 10.4. The van der Waals surface area contributed by atoms with E-state index in [1.165, 1.54) is 0 Å². The Hall–Kier alpha value is -1.09. The van der Waals surface area contributed by atoms with Crippen LogP contribution in [-0.2, 0) is 47.3 Å². The number of halogens is 3. The molecular weight excluding hydrogens is 860 g/mol. The predicted molar refractivity (Wildman–Crippen MR) is 220 cm³/mol. The van der Waals surface area contributed by atoms with Crippen LogP contribution in [0.3, 0.4) is 0 Å². The van der Waals surface area contributed by atoms with Crippen LogP contribution in [0.1, 0.15) is 116 Å². The molecule has 0 heterocycles. The molecule has 0 aromatic heterocycles. The number of alkyl halides is 2. The number of esters is 4. The molecule has 0 N–H and O–H groups in total. The van der Waals surface area contributed by atoms with Crippen LogP contribution in [-0.4, -0.2) is 79.6 Å². The van der Waals surface area contributed by atoms with Crippen molar-refractivity contribution < 1.29 is 47.3 Å². The maximum absolute atomic E-state index is 11.7. The molecule has 2 atom stereocenters. The Kier molecular flexibility index (Phi) is 41.1. The number of carbonyl (C=O) groups is 5. The fraction of sp³-hybridized carbons (Fsp3) is 0.806. The van der Waals surface area contributed by atoms with Gasteiger partial charge in [0.05, 0.1) is 28.9 Å². The summed E-state index contributed by atoms with van der Waals surface area (Å²) in [4.78, 5) is 54.8. The standard InChI is InChI=1S/C12H21BrO4.C10H20O2.C9H18O3Si.C3H4Br2O.2CH4/c1-5-12(4,6-2)11(15)17-8-7-16-10(14)9(3)13;1-5-8-12-9(11)10(4,6-2)7-3;1-8(2)9(10)11-6-7-12-13(3,4)5;1-2(4)3(5)6;;/h9H,5-8H2,1-4H3;5-8H2,1-4H3;1,6-7H2,2-5H3;2H,1H3;2*1H4. The molecule has 0 aromatic rings. The highest BCUT2D eigenvalue weighted by Crippen LogP contribution is 2.27.